The molecule has 1 rings (SSSR count). The highest BCUT2D eigenvalue weighted by Gasteiger charge is 2.18. The second kappa shape index (κ2) is 6.97. The molecule has 0 fully saturated rings. The zero-order valence-corrected chi connectivity index (χ0v) is 10.8. The lowest BCUT2D eigenvalue weighted by atomic mass is 10.2. The minimum absolute atomic E-state index is 0.352. The van der Waals surface area contributed by atoms with Gasteiger partial charge in [-0.25, -0.2) is 9.59 Å². The number of carbonyl (C=O) groups is 2. The van der Waals surface area contributed by atoms with E-state index in [1.807, 2.05) is 18.4 Å². The van der Waals surface area contributed by atoms with Crippen molar-refractivity contribution in [1.82, 2.24) is 10.6 Å². The molecule has 0 radical (unpaired) electrons. The van der Waals surface area contributed by atoms with Gasteiger partial charge in [0.1, 0.15) is 0 Å². The predicted molar refractivity (Wildman–Crippen MR) is 67.6 cm³/mol. The average molecular weight is 272 g/mol. The third-order valence-corrected chi connectivity index (χ3v) is 3.38. The maximum Gasteiger partial charge on any atom is 0.328 e. The number of carboxylic acids is 1. The fraction of sp³-hybridized carbons (Fsp3) is 0.455. The maximum absolute atomic E-state index is 11.4. The highest BCUT2D eigenvalue weighted by atomic mass is 32.1. The molecule has 1 aromatic rings. The molecular weight excluding hydrogens is 256 g/mol. The van der Waals surface area contributed by atoms with Crippen molar-refractivity contribution < 1.29 is 19.8 Å². The van der Waals surface area contributed by atoms with Gasteiger partial charge in [0.25, 0.3) is 0 Å². The van der Waals surface area contributed by atoms with E-state index in [1.54, 1.807) is 0 Å². The van der Waals surface area contributed by atoms with Gasteiger partial charge in [0.2, 0.25) is 0 Å². The molecule has 7 heteroatoms. The van der Waals surface area contributed by atoms with Crippen LogP contribution in [0.5, 0.6) is 0 Å². The Balaban J connectivity index is 2.44. The second-order valence-electron chi connectivity index (χ2n) is 3.62. The largest absolute Gasteiger partial charge is 0.480 e. The molecule has 0 saturated heterocycles. The smallest absolute Gasteiger partial charge is 0.328 e. The van der Waals surface area contributed by atoms with Crippen LogP contribution >= 0.6 is 11.3 Å². The fourth-order valence-electron chi connectivity index (χ4n) is 1.39. The molecule has 6 nitrogen and oxygen atoms in total. The molecule has 100 valence electrons. The molecule has 1 atom stereocenters. The quantitative estimate of drug-likeness (QED) is 0.608. The van der Waals surface area contributed by atoms with Gasteiger partial charge in [-0.3, -0.25) is 0 Å². The van der Waals surface area contributed by atoms with Gasteiger partial charge in [-0.1, -0.05) is 6.92 Å². The number of carboxylic acid groups (broad SMARTS) is 1. The Morgan fingerprint density at radius 1 is 1.50 bits per heavy atom. The fourth-order valence-corrected chi connectivity index (χ4v) is 2.31. The lowest BCUT2D eigenvalue weighted by Crippen LogP contribution is -2.47. The summed E-state index contributed by atoms with van der Waals surface area (Å²) in [6, 6.07) is 0.110. The first kappa shape index (κ1) is 14.5. The van der Waals surface area contributed by atoms with E-state index in [0.29, 0.717) is 6.54 Å². The Morgan fingerprint density at radius 2 is 2.22 bits per heavy atom. The van der Waals surface area contributed by atoms with E-state index in [2.05, 4.69) is 10.6 Å². The maximum atomic E-state index is 11.4. The molecule has 1 heterocycles. The van der Waals surface area contributed by atoms with Crippen molar-refractivity contribution in [3.63, 3.8) is 0 Å². The van der Waals surface area contributed by atoms with Crippen molar-refractivity contribution in [2.24, 2.45) is 0 Å². The first-order valence-corrected chi connectivity index (χ1v) is 6.39. The molecule has 18 heavy (non-hydrogen) atoms. The second-order valence-corrected chi connectivity index (χ2v) is 4.62. The molecule has 2 amide bonds. The van der Waals surface area contributed by atoms with Crippen LogP contribution in [0, 0.1) is 0 Å². The highest BCUT2D eigenvalue weighted by Crippen LogP contribution is 2.16. The van der Waals surface area contributed by atoms with Crippen LogP contribution < -0.4 is 10.6 Å². The summed E-state index contributed by atoms with van der Waals surface area (Å²) in [5, 5.41) is 24.1. The lowest BCUT2D eigenvalue weighted by Gasteiger charge is -2.12. The summed E-state index contributed by atoms with van der Waals surface area (Å²) in [4.78, 5) is 23.1. The molecule has 0 aliphatic carbocycles. The molecular formula is C11H16N2O4S. The van der Waals surface area contributed by atoms with Crippen molar-refractivity contribution in [3.05, 3.63) is 21.9 Å². The van der Waals surface area contributed by atoms with E-state index >= 15 is 0 Å². The normalized spacial score (nSPS) is 11.9. The summed E-state index contributed by atoms with van der Waals surface area (Å²) in [6.45, 7) is 1.74. The van der Waals surface area contributed by atoms with E-state index in [-0.39, 0.29) is 0 Å². The molecule has 4 N–H and O–H groups in total. The molecule has 0 spiro atoms. The number of aliphatic carboxylic acids is 1. The number of amides is 2. The Bertz CT molecular complexity index is 419. The van der Waals surface area contributed by atoms with Crippen LogP contribution in [0.2, 0.25) is 0 Å². The van der Waals surface area contributed by atoms with Gasteiger partial charge in [-0.15, -0.1) is 11.3 Å². The number of hydrogen-bond acceptors (Lipinski definition) is 4. The number of aliphatic hydroxyl groups excluding tert-OH is 1. The molecule has 0 bridgehead atoms. The Hall–Kier alpha value is -1.60. The number of hydrogen-bond donors (Lipinski definition) is 4. The van der Waals surface area contributed by atoms with Crippen LogP contribution in [0.15, 0.2) is 11.4 Å². The van der Waals surface area contributed by atoms with E-state index < -0.39 is 24.6 Å². The van der Waals surface area contributed by atoms with E-state index in [9.17, 15) is 9.59 Å². The van der Waals surface area contributed by atoms with Gasteiger partial charge in [0, 0.05) is 4.88 Å². The summed E-state index contributed by atoms with van der Waals surface area (Å²) in [5.74, 6) is -1.27. The van der Waals surface area contributed by atoms with Gasteiger partial charge in [0.15, 0.2) is 6.04 Å². The summed E-state index contributed by atoms with van der Waals surface area (Å²) >= 11 is 1.54. The van der Waals surface area contributed by atoms with Crippen molar-refractivity contribution >= 4 is 23.3 Å². The Morgan fingerprint density at radius 3 is 2.78 bits per heavy atom. The molecule has 0 unspecified atom stereocenters. The minimum atomic E-state index is -1.28. The monoisotopic (exact) mass is 272 g/mol. The summed E-state index contributed by atoms with van der Waals surface area (Å²) < 4.78 is 0. The number of nitrogens with one attached hydrogen (secondary N) is 2. The number of urea groups is 1. The van der Waals surface area contributed by atoms with Crippen LogP contribution in [-0.4, -0.2) is 34.9 Å². The van der Waals surface area contributed by atoms with Gasteiger partial charge >= 0.3 is 12.0 Å². The van der Waals surface area contributed by atoms with Crippen molar-refractivity contribution in [3.8, 4) is 0 Å². The minimum Gasteiger partial charge on any atom is -0.480 e. The molecule has 0 aliphatic rings. The summed E-state index contributed by atoms with van der Waals surface area (Å²) in [7, 11) is 0. The molecule has 1 aromatic heterocycles. The van der Waals surface area contributed by atoms with Gasteiger partial charge in [-0.2, -0.15) is 0 Å². The number of thiophene rings is 1. The van der Waals surface area contributed by atoms with Crippen LogP contribution in [0.4, 0.5) is 4.79 Å². The van der Waals surface area contributed by atoms with Crippen molar-refractivity contribution in [2.45, 2.75) is 25.9 Å². The predicted octanol–water partition coefficient (Wildman–Crippen LogP) is 0.555. The van der Waals surface area contributed by atoms with E-state index in [0.717, 1.165) is 16.9 Å². The third-order valence-electron chi connectivity index (χ3n) is 2.41. The van der Waals surface area contributed by atoms with Crippen LogP contribution in [0.25, 0.3) is 0 Å². The van der Waals surface area contributed by atoms with Crippen LogP contribution in [0.1, 0.15) is 17.4 Å². The molecule has 0 saturated carbocycles. The summed E-state index contributed by atoms with van der Waals surface area (Å²) in [6.07, 6.45) is 0.885. The number of aliphatic hydroxyl groups is 1. The lowest BCUT2D eigenvalue weighted by molar-refractivity contribution is -0.140. The first-order valence-electron chi connectivity index (χ1n) is 5.51. The summed E-state index contributed by atoms with van der Waals surface area (Å²) in [5.41, 5.74) is 1.16. The highest BCUT2D eigenvalue weighted by molar-refractivity contribution is 7.10. The Kier molecular flexibility index (Phi) is 5.60. The SMILES string of the molecule is CCc1ccsc1CNC(=O)N[C@H](CO)C(=O)O. The van der Waals surface area contributed by atoms with Crippen LogP contribution in [-0.2, 0) is 17.8 Å². The molecule has 0 aromatic carbocycles. The molecule has 0 aliphatic heterocycles. The van der Waals surface area contributed by atoms with Gasteiger partial charge < -0.3 is 20.8 Å². The zero-order valence-electron chi connectivity index (χ0n) is 9.97. The number of carbonyl (C=O) groups excluding carboxylic acids is 1. The number of aryl methyl sites for hydroxylation is 1. The van der Waals surface area contributed by atoms with E-state index in [1.165, 1.54) is 11.3 Å². The zero-order chi connectivity index (χ0) is 13.5. The number of rotatable bonds is 6. The first-order chi connectivity index (χ1) is 8.58. The van der Waals surface area contributed by atoms with Crippen molar-refractivity contribution in [1.29, 1.82) is 0 Å². The van der Waals surface area contributed by atoms with Crippen LogP contribution in [0.3, 0.4) is 0 Å². The van der Waals surface area contributed by atoms with Gasteiger partial charge in [-0.05, 0) is 23.4 Å². The Labute approximate surface area is 109 Å². The average Bonchev–Trinajstić information content (AvgIpc) is 2.80. The van der Waals surface area contributed by atoms with E-state index in [4.69, 9.17) is 10.2 Å². The topological polar surface area (TPSA) is 98.7 Å². The third kappa shape index (κ3) is 4.01. The standard InChI is InChI=1S/C11H16N2O4S/c1-2-7-3-4-18-9(7)5-12-11(17)13-8(6-14)10(15)16/h3-4,8,14H,2,5-6H2,1H3,(H,15,16)(H2,12,13,17)/t8-/m1/s1. The van der Waals surface area contributed by atoms with Crippen molar-refractivity contribution in [2.75, 3.05) is 6.61 Å². The van der Waals surface area contributed by atoms with Gasteiger partial charge in [0.05, 0.1) is 13.2 Å².